The van der Waals surface area contributed by atoms with Gasteiger partial charge in [-0.25, -0.2) is 0 Å². The third kappa shape index (κ3) is 3.69. The Morgan fingerprint density at radius 1 is 1.30 bits per heavy atom. The lowest BCUT2D eigenvalue weighted by Gasteiger charge is -2.34. The maximum atomic E-state index is 12.6. The maximum absolute atomic E-state index is 12.6. The number of carbonyl (C=O) groups is 1. The Kier molecular flexibility index (Phi) is 4.91. The van der Waals surface area contributed by atoms with Gasteiger partial charge in [0.15, 0.2) is 0 Å². The third-order valence-corrected chi connectivity index (χ3v) is 4.22. The quantitative estimate of drug-likeness (QED) is 0.903. The van der Waals surface area contributed by atoms with Gasteiger partial charge in [-0.15, -0.1) is 0 Å². The number of halogens is 1. The molecule has 6 heteroatoms. The fraction of sp³-hybridized carbons (Fsp3) is 0.294. The predicted molar refractivity (Wildman–Crippen MR) is 88.3 cm³/mol. The predicted octanol–water partition coefficient (Wildman–Crippen LogP) is 2.01. The van der Waals surface area contributed by atoms with Crippen LogP contribution in [0.5, 0.6) is 0 Å². The zero-order valence-electron chi connectivity index (χ0n) is 12.6. The Morgan fingerprint density at radius 2 is 2.09 bits per heavy atom. The Morgan fingerprint density at radius 3 is 2.74 bits per heavy atom. The van der Waals surface area contributed by atoms with Crippen molar-refractivity contribution in [3.8, 4) is 0 Å². The van der Waals surface area contributed by atoms with Crippen LogP contribution in [-0.2, 0) is 6.61 Å². The first-order chi connectivity index (χ1) is 11.2. The molecule has 2 N–H and O–H groups in total. The summed E-state index contributed by atoms with van der Waals surface area (Å²) in [5.74, 6) is -0.0394. The van der Waals surface area contributed by atoms with Crippen LogP contribution in [-0.4, -0.2) is 40.5 Å². The number of carbonyl (C=O) groups excluding carboxylic acids is 1. The summed E-state index contributed by atoms with van der Waals surface area (Å²) < 4.78 is 0. The monoisotopic (exact) mass is 331 g/mol. The first kappa shape index (κ1) is 15.9. The summed E-state index contributed by atoms with van der Waals surface area (Å²) in [4.78, 5) is 18.5. The van der Waals surface area contributed by atoms with E-state index in [1.54, 1.807) is 12.1 Å². The van der Waals surface area contributed by atoms with Crippen LogP contribution < -0.4 is 5.32 Å². The number of hydrogen-bond acceptors (Lipinski definition) is 4. The van der Waals surface area contributed by atoms with Crippen LogP contribution in [0, 0.1) is 0 Å². The molecule has 2 aromatic rings. The first-order valence-corrected chi connectivity index (χ1v) is 7.89. The van der Waals surface area contributed by atoms with Crippen LogP contribution in [0.2, 0.25) is 5.02 Å². The fourth-order valence-corrected chi connectivity index (χ4v) is 2.81. The second-order valence-corrected chi connectivity index (χ2v) is 5.94. The first-order valence-electron chi connectivity index (χ1n) is 7.51. The number of nitrogens with one attached hydrogen (secondary N) is 1. The minimum atomic E-state index is -0.124. The van der Waals surface area contributed by atoms with Crippen LogP contribution in [0.4, 0.5) is 0 Å². The summed E-state index contributed by atoms with van der Waals surface area (Å²) in [6.07, 6.45) is 1.52. The minimum absolute atomic E-state index is 0.0394. The minimum Gasteiger partial charge on any atom is -0.390 e. The molecule has 0 saturated carbocycles. The molecule has 1 aliphatic rings. The molecule has 0 bridgehead atoms. The average Bonchev–Trinajstić information content (AvgIpc) is 2.62. The van der Waals surface area contributed by atoms with Gasteiger partial charge in [-0.2, -0.15) is 0 Å². The number of benzene rings is 1. The van der Waals surface area contributed by atoms with Gasteiger partial charge in [0.05, 0.1) is 17.9 Å². The van der Waals surface area contributed by atoms with Gasteiger partial charge in [0.25, 0.3) is 5.91 Å². The zero-order chi connectivity index (χ0) is 16.2. The number of aliphatic hydroxyl groups is 1. The van der Waals surface area contributed by atoms with Gasteiger partial charge < -0.3 is 15.3 Å². The lowest BCUT2D eigenvalue weighted by molar-refractivity contribution is 0.0702. The summed E-state index contributed by atoms with van der Waals surface area (Å²) in [6, 6.07) is 11.1. The normalized spacial score (nSPS) is 18.0. The fourth-order valence-electron chi connectivity index (χ4n) is 2.68. The molecule has 1 aliphatic heterocycles. The Bertz CT molecular complexity index is 673. The second-order valence-electron chi connectivity index (χ2n) is 5.51. The SMILES string of the molecule is O=C(c1ccc(CO)nc1)N1CCNC(c2ccc(Cl)cc2)C1. The molecule has 1 aromatic carbocycles. The van der Waals surface area contributed by atoms with Crippen molar-refractivity contribution >= 4 is 17.5 Å². The Hall–Kier alpha value is -1.95. The molecule has 3 rings (SSSR count). The standard InChI is InChI=1S/C17H18ClN3O2/c18-14-4-1-12(2-5-14)16-10-21(8-7-19-16)17(23)13-3-6-15(11-22)20-9-13/h1-6,9,16,19,22H,7-8,10-11H2. The van der Waals surface area contributed by atoms with Crippen molar-refractivity contribution in [3.63, 3.8) is 0 Å². The van der Waals surface area contributed by atoms with E-state index in [0.29, 0.717) is 29.4 Å². The maximum Gasteiger partial charge on any atom is 0.255 e. The van der Waals surface area contributed by atoms with Crippen LogP contribution in [0.1, 0.15) is 27.7 Å². The van der Waals surface area contributed by atoms with E-state index in [0.717, 1.165) is 12.1 Å². The molecule has 0 radical (unpaired) electrons. The molecule has 1 fully saturated rings. The molecule has 1 aromatic heterocycles. The molecule has 0 spiro atoms. The van der Waals surface area contributed by atoms with Gasteiger partial charge in [0.2, 0.25) is 0 Å². The van der Waals surface area contributed by atoms with Crippen LogP contribution in [0.25, 0.3) is 0 Å². The lowest BCUT2D eigenvalue weighted by atomic mass is 10.0. The van der Waals surface area contributed by atoms with E-state index in [9.17, 15) is 4.79 Å². The van der Waals surface area contributed by atoms with Gasteiger partial charge in [0.1, 0.15) is 0 Å². The molecule has 1 amide bonds. The second kappa shape index (κ2) is 7.08. The van der Waals surface area contributed by atoms with Crippen molar-refractivity contribution < 1.29 is 9.90 Å². The third-order valence-electron chi connectivity index (χ3n) is 3.97. The summed E-state index contributed by atoms with van der Waals surface area (Å²) in [5, 5.41) is 13.1. The highest BCUT2D eigenvalue weighted by atomic mass is 35.5. The van der Waals surface area contributed by atoms with Crippen molar-refractivity contribution in [2.75, 3.05) is 19.6 Å². The number of pyridine rings is 1. The van der Waals surface area contributed by atoms with Gasteiger partial charge >= 0.3 is 0 Å². The molecule has 2 heterocycles. The highest BCUT2D eigenvalue weighted by Gasteiger charge is 2.25. The Labute approximate surface area is 139 Å². The topological polar surface area (TPSA) is 65.5 Å². The van der Waals surface area contributed by atoms with Crippen LogP contribution in [0.15, 0.2) is 42.6 Å². The highest BCUT2D eigenvalue weighted by Crippen LogP contribution is 2.20. The summed E-state index contributed by atoms with van der Waals surface area (Å²) in [7, 11) is 0. The average molecular weight is 332 g/mol. The zero-order valence-corrected chi connectivity index (χ0v) is 13.3. The number of aliphatic hydroxyl groups excluding tert-OH is 1. The lowest BCUT2D eigenvalue weighted by Crippen LogP contribution is -2.48. The van der Waals surface area contributed by atoms with Gasteiger partial charge in [-0.05, 0) is 29.8 Å². The number of amides is 1. The van der Waals surface area contributed by atoms with Gasteiger partial charge in [-0.1, -0.05) is 23.7 Å². The molecule has 0 aliphatic carbocycles. The Balaban J connectivity index is 1.72. The molecular weight excluding hydrogens is 314 g/mol. The number of piperazine rings is 1. The van der Waals surface area contributed by atoms with Crippen molar-refractivity contribution in [2.24, 2.45) is 0 Å². The van der Waals surface area contributed by atoms with E-state index in [2.05, 4.69) is 10.3 Å². The van der Waals surface area contributed by atoms with E-state index < -0.39 is 0 Å². The van der Waals surface area contributed by atoms with E-state index in [1.807, 2.05) is 29.2 Å². The molecule has 120 valence electrons. The van der Waals surface area contributed by atoms with E-state index >= 15 is 0 Å². The van der Waals surface area contributed by atoms with E-state index in [4.69, 9.17) is 16.7 Å². The summed E-state index contributed by atoms with van der Waals surface area (Å²) >= 11 is 5.92. The van der Waals surface area contributed by atoms with Gasteiger partial charge in [0, 0.05) is 36.9 Å². The molecule has 5 nitrogen and oxygen atoms in total. The highest BCUT2D eigenvalue weighted by molar-refractivity contribution is 6.30. The number of nitrogens with zero attached hydrogens (tertiary/aromatic N) is 2. The number of rotatable bonds is 3. The van der Waals surface area contributed by atoms with Crippen LogP contribution in [0.3, 0.4) is 0 Å². The molecule has 1 atom stereocenters. The molecule has 1 saturated heterocycles. The number of hydrogen-bond donors (Lipinski definition) is 2. The van der Waals surface area contributed by atoms with E-state index in [1.165, 1.54) is 6.20 Å². The van der Waals surface area contributed by atoms with Crippen molar-refractivity contribution in [3.05, 3.63) is 64.4 Å². The van der Waals surface area contributed by atoms with E-state index in [-0.39, 0.29) is 18.6 Å². The number of aromatic nitrogens is 1. The molecular formula is C17H18ClN3O2. The van der Waals surface area contributed by atoms with Crippen molar-refractivity contribution in [1.82, 2.24) is 15.2 Å². The molecule has 1 unspecified atom stereocenters. The van der Waals surface area contributed by atoms with Crippen molar-refractivity contribution in [1.29, 1.82) is 0 Å². The summed E-state index contributed by atoms with van der Waals surface area (Å²) in [6.45, 7) is 1.87. The summed E-state index contributed by atoms with van der Waals surface area (Å²) in [5.41, 5.74) is 2.21. The van der Waals surface area contributed by atoms with Gasteiger partial charge in [-0.3, -0.25) is 9.78 Å². The van der Waals surface area contributed by atoms with Crippen molar-refractivity contribution in [2.45, 2.75) is 12.6 Å². The molecule has 23 heavy (non-hydrogen) atoms. The smallest absolute Gasteiger partial charge is 0.255 e. The largest absolute Gasteiger partial charge is 0.390 e. The van der Waals surface area contributed by atoms with Crippen LogP contribution >= 0.6 is 11.6 Å².